The van der Waals surface area contributed by atoms with Crippen LogP contribution in [0.4, 0.5) is 5.69 Å². The van der Waals surface area contributed by atoms with Crippen molar-refractivity contribution in [3.8, 4) is 5.69 Å². The normalized spacial score (nSPS) is 10.7. The van der Waals surface area contributed by atoms with Gasteiger partial charge in [-0.15, -0.1) is 0 Å². The van der Waals surface area contributed by atoms with Crippen molar-refractivity contribution in [2.75, 3.05) is 0 Å². The van der Waals surface area contributed by atoms with Crippen molar-refractivity contribution in [2.45, 2.75) is 9.79 Å². The van der Waals surface area contributed by atoms with Crippen LogP contribution in [0, 0.1) is 10.1 Å². The monoisotopic (exact) mass is 372 g/mol. The van der Waals surface area contributed by atoms with Crippen LogP contribution in [0.15, 0.2) is 72.7 Å². The van der Waals surface area contributed by atoms with Crippen molar-refractivity contribution in [2.24, 2.45) is 7.05 Å². The molecule has 26 heavy (non-hydrogen) atoms. The molecule has 0 radical (unpaired) electrons. The first kappa shape index (κ1) is 17.4. The Morgan fingerprint density at radius 3 is 2.00 bits per heavy atom. The molecule has 0 saturated carbocycles. The second-order valence-electron chi connectivity index (χ2n) is 5.26. The number of hydrogen-bond donors (Lipinski definition) is 1. The van der Waals surface area contributed by atoms with Crippen LogP contribution < -0.4 is 17.1 Å². The lowest BCUT2D eigenvalue weighted by molar-refractivity contribution is -0.384. The molecule has 3 aromatic rings. The molecule has 132 valence electrons. The molecular weight excluding hydrogens is 360 g/mol. The molecule has 0 spiro atoms. The van der Waals surface area contributed by atoms with E-state index in [0.717, 1.165) is 18.9 Å². The predicted octanol–water partition coefficient (Wildman–Crippen LogP) is 1.28. The van der Waals surface area contributed by atoms with Gasteiger partial charge in [-0.1, -0.05) is 11.8 Å². The predicted molar refractivity (Wildman–Crippen MR) is 95.1 cm³/mol. The summed E-state index contributed by atoms with van der Waals surface area (Å²) < 4.78 is 1.67. The molecule has 9 nitrogen and oxygen atoms in total. The molecule has 1 aromatic heterocycles. The first-order chi connectivity index (χ1) is 12.4. The van der Waals surface area contributed by atoms with Crippen LogP contribution in [-0.4, -0.2) is 19.0 Å². The van der Waals surface area contributed by atoms with E-state index < -0.39 is 22.0 Å². The Morgan fingerprint density at radius 1 is 0.923 bits per heavy atom. The van der Waals surface area contributed by atoms with Crippen LogP contribution in [0.1, 0.15) is 0 Å². The maximum absolute atomic E-state index is 12.1. The first-order valence-corrected chi connectivity index (χ1v) is 8.13. The van der Waals surface area contributed by atoms with Crippen LogP contribution in [0.25, 0.3) is 5.69 Å². The third kappa shape index (κ3) is 3.35. The fraction of sp³-hybridized carbons (Fsp3) is 0.0625. The van der Waals surface area contributed by atoms with Gasteiger partial charge in [0, 0.05) is 29.0 Å². The van der Waals surface area contributed by atoms with Crippen molar-refractivity contribution >= 4 is 17.4 Å². The molecule has 0 atom stereocenters. The summed E-state index contributed by atoms with van der Waals surface area (Å²) in [4.78, 5) is 49.3. The van der Waals surface area contributed by atoms with Crippen molar-refractivity contribution in [1.29, 1.82) is 0 Å². The molecular formula is C16H12N4O5S. The number of nitrogens with zero attached hydrogens (tertiary/aromatic N) is 3. The number of aromatic amines is 1. The standard InChI is InChI=1S/C16H12N4O5S/c1-18-14(21)17-15(22)19(16(18)23)10-2-6-12(7-3-10)26-13-8-4-11(5-9-13)20(24)25/h2-9H,1H3,(H,17,21,22). The number of aromatic nitrogens is 3. The van der Waals surface area contributed by atoms with Gasteiger partial charge in [0.1, 0.15) is 0 Å². The zero-order valence-corrected chi connectivity index (χ0v) is 14.2. The molecule has 0 amide bonds. The average molecular weight is 372 g/mol. The molecule has 0 bridgehead atoms. The first-order valence-electron chi connectivity index (χ1n) is 7.32. The summed E-state index contributed by atoms with van der Waals surface area (Å²) >= 11 is 1.37. The molecule has 0 saturated heterocycles. The summed E-state index contributed by atoms with van der Waals surface area (Å²) in [5, 5.41) is 10.7. The SMILES string of the molecule is Cn1c(=O)[nH]c(=O)n(-c2ccc(Sc3ccc([N+](=O)[O-])cc3)cc2)c1=O. The lowest BCUT2D eigenvalue weighted by Crippen LogP contribution is -2.47. The van der Waals surface area contributed by atoms with Gasteiger partial charge < -0.3 is 0 Å². The Hall–Kier alpha value is -3.40. The third-order valence-corrected chi connectivity index (χ3v) is 4.59. The number of non-ortho nitro benzene ring substituents is 1. The van der Waals surface area contributed by atoms with E-state index in [1.807, 2.05) is 0 Å². The highest BCUT2D eigenvalue weighted by molar-refractivity contribution is 7.99. The molecule has 1 heterocycles. The topological polar surface area (TPSA) is 120 Å². The minimum Gasteiger partial charge on any atom is -0.258 e. The van der Waals surface area contributed by atoms with Crippen molar-refractivity contribution < 1.29 is 4.92 Å². The van der Waals surface area contributed by atoms with Gasteiger partial charge >= 0.3 is 17.1 Å². The molecule has 2 aromatic carbocycles. The van der Waals surface area contributed by atoms with Crippen LogP contribution in [0.3, 0.4) is 0 Å². The van der Waals surface area contributed by atoms with Gasteiger partial charge in [0.25, 0.3) is 5.69 Å². The zero-order chi connectivity index (χ0) is 18.8. The van der Waals surface area contributed by atoms with E-state index in [0.29, 0.717) is 5.69 Å². The summed E-state index contributed by atoms with van der Waals surface area (Å²) in [6, 6.07) is 12.7. The Balaban J connectivity index is 1.89. The third-order valence-electron chi connectivity index (χ3n) is 3.58. The van der Waals surface area contributed by atoms with E-state index in [1.54, 1.807) is 36.4 Å². The Morgan fingerprint density at radius 2 is 1.46 bits per heavy atom. The van der Waals surface area contributed by atoms with E-state index in [1.165, 1.54) is 30.9 Å². The number of H-pyrrole nitrogens is 1. The molecule has 3 rings (SSSR count). The maximum atomic E-state index is 12.1. The number of hydrogen-bond acceptors (Lipinski definition) is 6. The van der Waals surface area contributed by atoms with Gasteiger partial charge in [-0.3, -0.25) is 15.1 Å². The van der Waals surface area contributed by atoms with E-state index in [4.69, 9.17) is 0 Å². The van der Waals surface area contributed by atoms with E-state index in [-0.39, 0.29) is 5.69 Å². The largest absolute Gasteiger partial charge is 0.340 e. The van der Waals surface area contributed by atoms with Crippen LogP contribution in [-0.2, 0) is 7.05 Å². The number of nitrogens with one attached hydrogen (secondary N) is 1. The highest BCUT2D eigenvalue weighted by Gasteiger charge is 2.09. The molecule has 0 fully saturated rings. The summed E-state index contributed by atoms with van der Waals surface area (Å²) in [6.45, 7) is 0. The highest BCUT2D eigenvalue weighted by Crippen LogP contribution is 2.29. The van der Waals surface area contributed by atoms with E-state index >= 15 is 0 Å². The number of benzene rings is 2. The molecule has 10 heteroatoms. The van der Waals surface area contributed by atoms with Gasteiger partial charge in [-0.05, 0) is 36.4 Å². The van der Waals surface area contributed by atoms with E-state index in [2.05, 4.69) is 4.98 Å². The van der Waals surface area contributed by atoms with Gasteiger partial charge in [-0.25, -0.2) is 23.5 Å². The molecule has 0 aliphatic rings. The molecule has 0 aliphatic carbocycles. The summed E-state index contributed by atoms with van der Waals surface area (Å²) in [5.41, 5.74) is -2.00. The summed E-state index contributed by atoms with van der Waals surface area (Å²) in [7, 11) is 1.27. The smallest absolute Gasteiger partial charge is 0.258 e. The molecule has 0 aliphatic heterocycles. The van der Waals surface area contributed by atoms with Crippen LogP contribution in [0.5, 0.6) is 0 Å². The Bertz CT molecular complexity index is 1140. The minimum absolute atomic E-state index is 0.0120. The van der Waals surface area contributed by atoms with Crippen LogP contribution in [0.2, 0.25) is 0 Å². The molecule has 1 N–H and O–H groups in total. The zero-order valence-electron chi connectivity index (χ0n) is 13.4. The van der Waals surface area contributed by atoms with Crippen LogP contribution >= 0.6 is 11.8 Å². The highest BCUT2D eigenvalue weighted by atomic mass is 32.2. The maximum Gasteiger partial charge on any atom is 0.340 e. The fourth-order valence-corrected chi connectivity index (χ4v) is 3.03. The van der Waals surface area contributed by atoms with Gasteiger partial charge in [-0.2, -0.15) is 0 Å². The van der Waals surface area contributed by atoms with E-state index in [9.17, 15) is 24.5 Å². The van der Waals surface area contributed by atoms with Crippen molar-refractivity contribution in [3.05, 3.63) is 90.1 Å². The Labute approximate surface area is 149 Å². The second-order valence-corrected chi connectivity index (χ2v) is 6.41. The average Bonchev–Trinajstić information content (AvgIpc) is 2.62. The van der Waals surface area contributed by atoms with Gasteiger partial charge in [0.2, 0.25) is 0 Å². The van der Waals surface area contributed by atoms with Gasteiger partial charge in [0.05, 0.1) is 10.6 Å². The quantitative estimate of drug-likeness (QED) is 0.544. The fourth-order valence-electron chi connectivity index (χ4n) is 2.22. The Kier molecular flexibility index (Phi) is 4.59. The lowest BCUT2D eigenvalue weighted by atomic mass is 10.3. The second kappa shape index (κ2) is 6.84. The lowest BCUT2D eigenvalue weighted by Gasteiger charge is -2.07. The van der Waals surface area contributed by atoms with Crippen molar-refractivity contribution in [1.82, 2.24) is 14.1 Å². The number of nitro groups is 1. The number of nitro benzene ring substituents is 1. The molecule has 0 unspecified atom stereocenters. The van der Waals surface area contributed by atoms with Crippen molar-refractivity contribution in [3.63, 3.8) is 0 Å². The summed E-state index contributed by atoms with van der Waals surface area (Å²) in [6.07, 6.45) is 0. The van der Waals surface area contributed by atoms with Gasteiger partial charge in [0.15, 0.2) is 0 Å². The minimum atomic E-state index is -0.811. The number of rotatable bonds is 4. The summed E-state index contributed by atoms with van der Waals surface area (Å²) in [5.74, 6) is 0.